The van der Waals surface area contributed by atoms with E-state index in [-0.39, 0.29) is 0 Å². The van der Waals surface area contributed by atoms with Crippen molar-refractivity contribution < 1.29 is 13.7 Å². The third-order valence-corrected chi connectivity index (χ3v) is 7.48. The molecule has 2 aliphatic rings. The molecule has 0 bridgehead atoms. The summed E-state index contributed by atoms with van der Waals surface area (Å²) < 4.78 is 24.7. The van der Waals surface area contributed by atoms with E-state index in [1.807, 2.05) is 12.1 Å². The number of aromatic nitrogens is 2. The monoisotopic (exact) mass is 404 g/mol. The molecule has 0 amide bonds. The largest absolute Gasteiger partial charge is 0.493 e. The van der Waals surface area contributed by atoms with Crippen LogP contribution >= 0.6 is 0 Å². The van der Waals surface area contributed by atoms with Gasteiger partial charge in [-0.15, -0.1) is 0 Å². The van der Waals surface area contributed by atoms with Crippen LogP contribution in [0.5, 0.6) is 11.5 Å². The Morgan fingerprint density at radius 3 is 2.18 bits per heavy atom. The predicted molar refractivity (Wildman–Crippen MR) is 111 cm³/mol. The van der Waals surface area contributed by atoms with Gasteiger partial charge in [-0.25, -0.2) is 18.5 Å². The van der Waals surface area contributed by atoms with Gasteiger partial charge in [0, 0.05) is 43.9 Å². The zero-order chi connectivity index (χ0) is 19.7. The molecule has 2 aromatic rings. The van der Waals surface area contributed by atoms with E-state index < -0.39 is 11.0 Å². The van der Waals surface area contributed by atoms with E-state index in [0.29, 0.717) is 16.9 Å². The van der Waals surface area contributed by atoms with Crippen LogP contribution in [0.3, 0.4) is 0 Å². The number of nitrogens with zero attached hydrogens (tertiary/aromatic N) is 4. The van der Waals surface area contributed by atoms with E-state index in [0.717, 1.165) is 68.6 Å². The van der Waals surface area contributed by atoms with Crippen molar-refractivity contribution in [3.05, 3.63) is 18.5 Å². The third-order valence-electron chi connectivity index (χ3n) is 6.39. The highest BCUT2D eigenvalue weighted by Gasteiger charge is 2.38. The van der Waals surface area contributed by atoms with E-state index in [2.05, 4.69) is 19.2 Å². The number of ether oxygens (including phenoxy) is 2. The lowest BCUT2D eigenvalue weighted by Crippen LogP contribution is -2.47. The van der Waals surface area contributed by atoms with Gasteiger partial charge in [-0.3, -0.25) is 0 Å². The summed E-state index contributed by atoms with van der Waals surface area (Å²) >= 11 is 0. The normalized spacial score (nSPS) is 21.0. The molecule has 1 aromatic carbocycles. The zero-order valence-electron chi connectivity index (χ0n) is 16.8. The second-order valence-electron chi connectivity index (χ2n) is 7.76. The number of methoxy groups -OCH3 is 2. The van der Waals surface area contributed by atoms with E-state index in [1.165, 1.54) is 0 Å². The highest BCUT2D eigenvalue weighted by molar-refractivity contribution is 7.81. The fourth-order valence-electron chi connectivity index (χ4n) is 4.53. The van der Waals surface area contributed by atoms with E-state index >= 15 is 0 Å². The van der Waals surface area contributed by atoms with Crippen LogP contribution in [0.15, 0.2) is 18.5 Å². The molecule has 0 N–H and O–H groups in total. The van der Waals surface area contributed by atoms with Gasteiger partial charge in [-0.2, -0.15) is 0 Å². The Labute approximate surface area is 168 Å². The first-order chi connectivity index (χ1) is 13.5. The lowest BCUT2D eigenvalue weighted by molar-refractivity contribution is 0.121. The summed E-state index contributed by atoms with van der Waals surface area (Å²) in [7, 11) is 2.43. The average Bonchev–Trinajstić information content (AvgIpc) is 2.73. The molecule has 1 spiro atoms. The Hall–Kier alpha value is -1.93. The number of hydrogen-bond donors (Lipinski definition) is 0. The maximum atomic E-state index is 11.7. The van der Waals surface area contributed by atoms with E-state index in [4.69, 9.17) is 9.47 Å². The van der Waals surface area contributed by atoms with Gasteiger partial charge in [0.2, 0.25) is 0 Å². The maximum Gasteiger partial charge on any atom is 0.162 e. The molecule has 1 aromatic heterocycles. The molecule has 2 fully saturated rings. The molecule has 2 saturated heterocycles. The summed E-state index contributed by atoms with van der Waals surface area (Å²) in [5.41, 5.74) is 1.25. The van der Waals surface area contributed by atoms with Gasteiger partial charge in [-0.1, -0.05) is 0 Å². The van der Waals surface area contributed by atoms with Gasteiger partial charge in [0.25, 0.3) is 0 Å². The Balaban J connectivity index is 1.53. The molecule has 4 rings (SSSR count). The van der Waals surface area contributed by atoms with Gasteiger partial charge in [0.15, 0.2) is 11.5 Å². The molecule has 3 heterocycles. The molecular weight excluding hydrogens is 376 g/mol. The van der Waals surface area contributed by atoms with Crippen molar-refractivity contribution in [3.8, 4) is 11.5 Å². The van der Waals surface area contributed by atoms with Gasteiger partial charge < -0.3 is 14.4 Å². The first-order valence-corrected chi connectivity index (χ1v) is 11.3. The highest BCUT2D eigenvalue weighted by atomic mass is 32.2. The molecule has 0 aliphatic carbocycles. The molecule has 0 radical (unpaired) electrons. The number of benzene rings is 1. The summed E-state index contributed by atoms with van der Waals surface area (Å²) in [4.78, 5) is 11.4. The number of fused-ring (bicyclic) bond motifs is 1. The summed E-state index contributed by atoms with van der Waals surface area (Å²) in [6.07, 6.45) is 7.98. The first-order valence-electron chi connectivity index (χ1n) is 9.75. The molecule has 1 unspecified atom stereocenters. The van der Waals surface area contributed by atoms with Gasteiger partial charge >= 0.3 is 0 Å². The third kappa shape index (κ3) is 3.55. The molecule has 7 nitrogen and oxygen atoms in total. The Morgan fingerprint density at radius 1 is 0.964 bits per heavy atom. The van der Waals surface area contributed by atoms with Crippen molar-refractivity contribution in [1.82, 2.24) is 14.3 Å². The lowest BCUT2D eigenvalue weighted by Gasteiger charge is -2.46. The predicted octanol–water partition coefficient (Wildman–Crippen LogP) is 2.62. The highest BCUT2D eigenvalue weighted by Crippen LogP contribution is 2.43. The maximum absolute atomic E-state index is 11.7. The van der Waals surface area contributed by atoms with Crippen LogP contribution in [0.25, 0.3) is 10.9 Å². The van der Waals surface area contributed by atoms with Crippen LogP contribution in [0.4, 0.5) is 5.82 Å². The Kier molecular flexibility index (Phi) is 5.42. The Bertz CT molecular complexity index is 873. The molecular formula is C20H28N4O3S. The molecule has 28 heavy (non-hydrogen) atoms. The van der Waals surface area contributed by atoms with Crippen molar-refractivity contribution in [3.63, 3.8) is 0 Å². The number of rotatable bonds is 4. The van der Waals surface area contributed by atoms with Crippen LogP contribution < -0.4 is 14.4 Å². The number of anilines is 1. The number of piperidine rings is 2. The van der Waals surface area contributed by atoms with Crippen molar-refractivity contribution in [2.45, 2.75) is 25.7 Å². The molecule has 2 aliphatic heterocycles. The molecule has 152 valence electrons. The van der Waals surface area contributed by atoms with Crippen LogP contribution in [0.1, 0.15) is 25.7 Å². The molecule has 0 saturated carbocycles. The van der Waals surface area contributed by atoms with Gasteiger partial charge in [0.1, 0.15) is 12.1 Å². The summed E-state index contributed by atoms with van der Waals surface area (Å²) in [5.74, 6) is 2.34. The fraction of sp³-hybridized carbons (Fsp3) is 0.600. The van der Waals surface area contributed by atoms with E-state index in [9.17, 15) is 4.21 Å². The van der Waals surface area contributed by atoms with Crippen molar-refractivity contribution in [2.24, 2.45) is 5.41 Å². The van der Waals surface area contributed by atoms with Gasteiger partial charge in [-0.05, 0) is 37.2 Å². The SMILES string of the molecule is COc1cc2ncnc(N3CCC4(CC3)CCN(S(C)=O)CC4)c2cc1OC. The minimum absolute atomic E-state index is 0.385. The van der Waals surface area contributed by atoms with Crippen LogP contribution in [0, 0.1) is 5.41 Å². The minimum Gasteiger partial charge on any atom is -0.493 e. The average molecular weight is 405 g/mol. The minimum atomic E-state index is -0.848. The summed E-state index contributed by atoms with van der Waals surface area (Å²) in [5, 5.41) is 0.993. The fourth-order valence-corrected chi connectivity index (χ4v) is 5.23. The van der Waals surface area contributed by atoms with Gasteiger partial charge in [0.05, 0.1) is 30.7 Å². The van der Waals surface area contributed by atoms with Crippen molar-refractivity contribution in [1.29, 1.82) is 0 Å². The van der Waals surface area contributed by atoms with Crippen LogP contribution in [-0.2, 0) is 11.0 Å². The topological polar surface area (TPSA) is 67.8 Å². The summed E-state index contributed by atoms with van der Waals surface area (Å²) in [6, 6.07) is 3.88. The zero-order valence-corrected chi connectivity index (χ0v) is 17.6. The second kappa shape index (κ2) is 7.83. The number of hydrogen-bond acceptors (Lipinski definition) is 6. The lowest BCUT2D eigenvalue weighted by atomic mass is 9.71. The van der Waals surface area contributed by atoms with E-state index in [1.54, 1.807) is 26.8 Å². The Morgan fingerprint density at radius 2 is 1.57 bits per heavy atom. The standard InChI is InChI=1S/C20H28N4O3S/c1-26-17-12-15-16(13-18(17)27-2)21-14-22-19(15)23-8-4-20(5-9-23)6-10-24(11-7-20)28(3)25/h12-14H,4-11H2,1-3H3. The molecule has 1 atom stereocenters. The van der Waals surface area contributed by atoms with Crippen molar-refractivity contribution in [2.75, 3.05) is 51.6 Å². The quantitative estimate of drug-likeness (QED) is 0.780. The molecule has 8 heteroatoms. The smallest absolute Gasteiger partial charge is 0.162 e. The summed E-state index contributed by atoms with van der Waals surface area (Å²) in [6.45, 7) is 3.85. The first kappa shape index (κ1) is 19.4. The van der Waals surface area contributed by atoms with Crippen LogP contribution in [-0.4, -0.2) is 65.1 Å². The second-order valence-corrected chi connectivity index (χ2v) is 9.13. The van der Waals surface area contributed by atoms with Crippen LogP contribution in [0.2, 0.25) is 0 Å². The van der Waals surface area contributed by atoms with Crippen molar-refractivity contribution >= 4 is 27.7 Å².